The number of ether oxygens (including phenoxy) is 1. The molecule has 1 saturated heterocycles. The topological polar surface area (TPSA) is 12.5 Å². The lowest BCUT2D eigenvalue weighted by Gasteiger charge is -2.41. The number of rotatable bonds is 2. The van der Waals surface area contributed by atoms with E-state index >= 15 is 0 Å². The zero-order chi connectivity index (χ0) is 9.14. The van der Waals surface area contributed by atoms with Crippen LogP contribution in [0.25, 0.3) is 0 Å². The molecule has 0 aromatic carbocycles. The Balaban J connectivity index is 2.52. The Bertz CT molecular complexity index is 138. The van der Waals surface area contributed by atoms with Gasteiger partial charge >= 0.3 is 0 Å². The van der Waals surface area contributed by atoms with E-state index in [9.17, 15) is 0 Å². The molecule has 1 aliphatic rings. The highest BCUT2D eigenvalue weighted by Crippen LogP contribution is 2.24. The molecule has 1 heterocycles. The lowest BCUT2D eigenvalue weighted by molar-refractivity contribution is -0.00601. The summed E-state index contributed by atoms with van der Waals surface area (Å²) in [5.74, 6) is 0. The predicted octanol–water partition coefficient (Wildman–Crippen LogP) is 1.89. The molecule has 1 rings (SSSR count). The van der Waals surface area contributed by atoms with Gasteiger partial charge in [-0.05, 0) is 33.2 Å². The lowest BCUT2D eigenvalue weighted by atomic mass is 9.93. The molecule has 0 amide bonds. The highest BCUT2D eigenvalue weighted by atomic mass is 16.5. The number of nitrogens with zero attached hydrogens (tertiary/aromatic N) is 1. The molecule has 2 nitrogen and oxygen atoms in total. The van der Waals surface area contributed by atoms with Crippen LogP contribution in [-0.4, -0.2) is 37.2 Å². The zero-order valence-electron chi connectivity index (χ0n) is 8.71. The first-order valence-electron chi connectivity index (χ1n) is 4.93. The normalized spacial score (nSPS) is 38.5. The molecule has 0 aromatic rings. The Morgan fingerprint density at radius 3 is 2.58 bits per heavy atom. The van der Waals surface area contributed by atoms with E-state index in [1.54, 1.807) is 0 Å². The average molecular weight is 171 g/mol. The fourth-order valence-electron chi connectivity index (χ4n) is 2.12. The van der Waals surface area contributed by atoms with Crippen molar-refractivity contribution in [3.05, 3.63) is 0 Å². The maximum Gasteiger partial charge on any atom is 0.0601 e. The summed E-state index contributed by atoms with van der Waals surface area (Å²) < 4.78 is 5.42. The molecule has 1 aliphatic heterocycles. The van der Waals surface area contributed by atoms with Crippen molar-refractivity contribution < 1.29 is 4.74 Å². The number of hydrogen-bond donors (Lipinski definition) is 0. The first-order valence-corrected chi connectivity index (χ1v) is 4.93. The van der Waals surface area contributed by atoms with Gasteiger partial charge in [0, 0.05) is 19.2 Å². The van der Waals surface area contributed by atoms with E-state index in [2.05, 4.69) is 25.8 Å². The average Bonchev–Trinajstić information content (AvgIpc) is 2.09. The molecular formula is C10H21NO. The van der Waals surface area contributed by atoms with Crippen LogP contribution in [0, 0.1) is 0 Å². The van der Waals surface area contributed by atoms with E-state index in [0.29, 0.717) is 12.1 Å². The van der Waals surface area contributed by atoms with Gasteiger partial charge in [-0.2, -0.15) is 0 Å². The van der Waals surface area contributed by atoms with E-state index in [4.69, 9.17) is 4.74 Å². The fourth-order valence-corrected chi connectivity index (χ4v) is 2.12. The Hall–Kier alpha value is -0.0800. The number of methoxy groups -OCH3 is 1. The van der Waals surface area contributed by atoms with Crippen molar-refractivity contribution in [2.24, 2.45) is 0 Å². The quantitative estimate of drug-likeness (QED) is 0.629. The van der Waals surface area contributed by atoms with Gasteiger partial charge in [0.05, 0.1) is 6.10 Å². The molecule has 12 heavy (non-hydrogen) atoms. The summed E-state index contributed by atoms with van der Waals surface area (Å²) in [6, 6.07) is 1.40. The summed E-state index contributed by atoms with van der Waals surface area (Å²) in [5, 5.41) is 0. The molecule has 1 fully saturated rings. The summed E-state index contributed by atoms with van der Waals surface area (Å²) in [6.45, 7) is 4.54. The molecule has 0 N–H and O–H groups in total. The van der Waals surface area contributed by atoms with Crippen LogP contribution in [0.5, 0.6) is 0 Å². The molecule has 0 aliphatic carbocycles. The fraction of sp³-hybridized carbons (Fsp3) is 1.00. The van der Waals surface area contributed by atoms with Gasteiger partial charge in [-0.15, -0.1) is 0 Å². The highest BCUT2D eigenvalue weighted by molar-refractivity contribution is 4.84. The summed E-state index contributed by atoms with van der Waals surface area (Å²) >= 11 is 0. The van der Waals surface area contributed by atoms with Crippen molar-refractivity contribution >= 4 is 0 Å². The number of likely N-dealkylation sites (tertiary alicyclic amines) is 1. The molecule has 0 spiro atoms. The van der Waals surface area contributed by atoms with Gasteiger partial charge in [-0.25, -0.2) is 0 Å². The maximum absolute atomic E-state index is 5.42. The van der Waals surface area contributed by atoms with Crippen LogP contribution in [0.1, 0.15) is 33.1 Å². The van der Waals surface area contributed by atoms with Gasteiger partial charge in [0.1, 0.15) is 0 Å². The van der Waals surface area contributed by atoms with Gasteiger partial charge in [0.2, 0.25) is 0 Å². The molecule has 72 valence electrons. The predicted molar refractivity (Wildman–Crippen MR) is 51.3 cm³/mol. The third kappa shape index (κ3) is 1.99. The number of piperidine rings is 1. The van der Waals surface area contributed by atoms with Crippen molar-refractivity contribution in [1.29, 1.82) is 0 Å². The van der Waals surface area contributed by atoms with Crippen molar-refractivity contribution in [2.75, 3.05) is 14.2 Å². The van der Waals surface area contributed by atoms with E-state index in [1.807, 2.05) is 7.11 Å². The van der Waals surface area contributed by atoms with E-state index in [1.165, 1.54) is 19.3 Å². The number of hydrogen-bond acceptors (Lipinski definition) is 2. The van der Waals surface area contributed by atoms with Gasteiger partial charge < -0.3 is 9.64 Å². The van der Waals surface area contributed by atoms with E-state index in [0.717, 1.165) is 6.04 Å². The lowest BCUT2D eigenvalue weighted by Crippen LogP contribution is -2.47. The van der Waals surface area contributed by atoms with Crippen LogP contribution >= 0.6 is 0 Å². The maximum atomic E-state index is 5.42. The smallest absolute Gasteiger partial charge is 0.0601 e. The van der Waals surface area contributed by atoms with Crippen LogP contribution in [0.2, 0.25) is 0 Å². The summed E-state index contributed by atoms with van der Waals surface area (Å²) in [6.07, 6.45) is 4.11. The second kappa shape index (κ2) is 4.24. The minimum absolute atomic E-state index is 0.487. The third-order valence-corrected chi connectivity index (χ3v) is 3.21. The molecule has 0 saturated carbocycles. The molecule has 2 heteroatoms. The van der Waals surface area contributed by atoms with Gasteiger partial charge in [0.25, 0.3) is 0 Å². The minimum atomic E-state index is 0.487. The minimum Gasteiger partial charge on any atom is -0.381 e. The molecule has 0 radical (unpaired) electrons. The van der Waals surface area contributed by atoms with Crippen LogP contribution in [0.15, 0.2) is 0 Å². The van der Waals surface area contributed by atoms with E-state index in [-0.39, 0.29) is 0 Å². The Morgan fingerprint density at radius 2 is 2.08 bits per heavy atom. The monoisotopic (exact) mass is 171 g/mol. The standard InChI is InChI=1S/C10H21NO/c1-5-9-7-10(12-4)6-8(2)11(9)3/h8-10H,5-7H2,1-4H3. The first-order chi connectivity index (χ1) is 5.69. The Kier molecular flexibility index (Phi) is 3.53. The molecule has 0 bridgehead atoms. The summed E-state index contributed by atoms with van der Waals surface area (Å²) in [7, 11) is 4.06. The molecule has 3 unspecified atom stereocenters. The Morgan fingerprint density at radius 1 is 1.42 bits per heavy atom. The Labute approximate surface area is 75.9 Å². The zero-order valence-corrected chi connectivity index (χ0v) is 8.71. The first kappa shape index (κ1) is 10.0. The van der Waals surface area contributed by atoms with Gasteiger partial charge in [-0.3, -0.25) is 0 Å². The van der Waals surface area contributed by atoms with Crippen molar-refractivity contribution in [1.82, 2.24) is 4.90 Å². The highest BCUT2D eigenvalue weighted by Gasteiger charge is 2.29. The van der Waals surface area contributed by atoms with Crippen LogP contribution in [-0.2, 0) is 4.74 Å². The van der Waals surface area contributed by atoms with Crippen molar-refractivity contribution in [2.45, 2.75) is 51.3 Å². The van der Waals surface area contributed by atoms with Gasteiger partial charge in [0.15, 0.2) is 0 Å². The van der Waals surface area contributed by atoms with Crippen LogP contribution < -0.4 is 0 Å². The second-order valence-corrected chi connectivity index (χ2v) is 3.91. The van der Waals surface area contributed by atoms with E-state index < -0.39 is 0 Å². The third-order valence-electron chi connectivity index (χ3n) is 3.21. The summed E-state index contributed by atoms with van der Waals surface area (Å²) in [4.78, 5) is 2.48. The SMILES string of the molecule is CCC1CC(OC)CC(C)N1C. The van der Waals surface area contributed by atoms with Crippen LogP contribution in [0.4, 0.5) is 0 Å². The largest absolute Gasteiger partial charge is 0.381 e. The summed E-state index contributed by atoms with van der Waals surface area (Å²) in [5.41, 5.74) is 0. The van der Waals surface area contributed by atoms with Crippen LogP contribution in [0.3, 0.4) is 0 Å². The van der Waals surface area contributed by atoms with Crippen molar-refractivity contribution in [3.8, 4) is 0 Å². The molecule has 0 aromatic heterocycles. The molecular weight excluding hydrogens is 150 g/mol. The molecule has 3 atom stereocenters. The van der Waals surface area contributed by atoms with Crippen molar-refractivity contribution in [3.63, 3.8) is 0 Å². The van der Waals surface area contributed by atoms with Gasteiger partial charge in [-0.1, -0.05) is 6.92 Å². The second-order valence-electron chi connectivity index (χ2n) is 3.91.